The van der Waals surface area contributed by atoms with E-state index in [2.05, 4.69) is 26.1 Å². The lowest BCUT2D eigenvalue weighted by molar-refractivity contribution is -0.174. The fourth-order valence-corrected chi connectivity index (χ4v) is 9.97. The summed E-state index contributed by atoms with van der Waals surface area (Å²) in [5.74, 6) is 2.40. The van der Waals surface area contributed by atoms with E-state index in [9.17, 15) is 24.9 Å². The quantitative estimate of drug-likeness (QED) is 0.349. The second-order valence-electron chi connectivity index (χ2n) is 13.2. The second kappa shape index (κ2) is 11.1. The Bertz CT molecular complexity index is 809. The average molecular weight is 524 g/mol. The molecule has 0 aliphatic heterocycles. The van der Waals surface area contributed by atoms with Crippen molar-refractivity contribution in [2.45, 2.75) is 110 Å². The second-order valence-corrected chi connectivity index (χ2v) is 14.2. The Morgan fingerprint density at radius 2 is 1.69 bits per heavy atom. The van der Waals surface area contributed by atoms with Gasteiger partial charge in [-0.1, -0.05) is 20.8 Å². The monoisotopic (exact) mass is 523 g/mol. The van der Waals surface area contributed by atoms with Crippen molar-refractivity contribution in [3.05, 3.63) is 0 Å². The highest BCUT2D eigenvalue weighted by Crippen LogP contribution is 2.68. The summed E-state index contributed by atoms with van der Waals surface area (Å²) < 4.78 is 0. The maximum absolute atomic E-state index is 12.6. The molecular formula is C29H49NO5S. The Balaban J connectivity index is 1.39. The predicted molar refractivity (Wildman–Crippen MR) is 144 cm³/mol. The van der Waals surface area contributed by atoms with Crippen LogP contribution < -0.4 is 5.32 Å². The van der Waals surface area contributed by atoms with E-state index in [4.69, 9.17) is 0 Å². The molecule has 4 rings (SSSR count). The average Bonchev–Trinajstić information content (AvgIpc) is 3.18. The van der Waals surface area contributed by atoms with Crippen molar-refractivity contribution in [2.24, 2.45) is 46.3 Å². The molecule has 6 nitrogen and oxygen atoms in total. The summed E-state index contributed by atoms with van der Waals surface area (Å²) in [4.78, 5) is 24.1. The number of carboxylic acid groups (broad SMARTS) is 1. The Morgan fingerprint density at radius 3 is 2.39 bits per heavy atom. The van der Waals surface area contributed by atoms with E-state index in [0.717, 1.165) is 51.4 Å². The maximum Gasteiger partial charge on any atom is 0.326 e. The van der Waals surface area contributed by atoms with Gasteiger partial charge in [-0.05, 0) is 123 Å². The van der Waals surface area contributed by atoms with Crippen LogP contribution in [-0.2, 0) is 9.59 Å². The number of aliphatic carboxylic acids is 1. The van der Waals surface area contributed by atoms with Crippen LogP contribution in [0, 0.1) is 46.3 Å². The van der Waals surface area contributed by atoms with E-state index < -0.39 is 12.0 Å². The van der Waals surface area contributed by atoms with Crippen molar-refractivity contribution in [1.29, 1.82) is 0 Å². The summed E-state index contributed by atoms with van der Waals surface area (Å²) in [5, 5.41) is 33.9. The first-order valence-corrected chi connectivity index (χ1v) is 15.8. The fourth-order valence-electron chi connectivity index (χ4n) is 9.50. The van der Waals surface area contributed by atoms with E-state index in [1.807, 2.05) is 6.26 Å². The van der Waals surface area contributed by atoms with Crippen molar-refractivity contribution in [3.63, 3.8) is 0 Å². The third kappa shape index (κ3) is 5.22. The van der Waals surface area contributed by atoms with Crippen LogP contribution in [0.15, 0.2) is 0 Å². The first-order valence-electron chi connectivity index (χ1n) is 14.4. The topological polar surface area (TPSA) is 107 Å². The van der Waals surface area contributed by atoms with Gasteiger partial charge in [-0.15, -0.1) is 0 Å². The lowest BCUT2D eigenvalue weighted by Gasteiger charge is -2.62. The summed E-state index contributed by atoms with van der Waals surface area (Å²) in [7, 11) is 0. The molecule has 7 heteroatoms. The predicted octanol–water partition coefficient (Wildman–Crippen LogP) is 4.72. The van der Waals surface area contributed by atoms with E-state index in [0.29, 0.717) is 54.1 Å². The van der Waals surface area contributed by atoms with Gasteiger partial charge in [0.1, 0.15) is 6.04 Å². The van der Waals surface area contributed by atoms with Gasteiger partial charge in [0.05, 0.1) is 12.2 Å². The summed E-state index contributed by atoms with van der Waals surface area (Å²) >= 11 is 1.59. The molecule has 4 fully saturated rings. The molecule has 0 bridgehead atoms. The highest BCUT2D eigenvalue weighted by atomic mass is 32.2. The molecule has 0 spiro atoms. The fraction of sp³-hybridized carbons (Fsp3) is 0.931. The third-order valence-corrected chi connectivity index (χ3v) is 12.1. The molecule has 4 aliphatic rings. The van der Waals surface area contributed by atoms with Crippen molar-refractivity contribution in [1.82, 2.24) is 5.32 Å². The van der Waals surface area contributed by atoms with Crippen molar-refractivity contribution >= 4 is 23.6 Å². The van der Waals surface area contributed by atoms with E-state index in [-0.39, 0.29) is 28.9 Å². The van der Waals surface area contributed by atoms with Gasteiger partial charge in [0, 0.05) is 6.42 Å². The van der Waals surface area contributed by atoms with Gasteiger partial charge in [-0.2, -0.15) is 11.8 Å². The molecule has 36 heavy (non-hydrogen) atoms. The van der Waals surface area contributed by atoms with E-state index >= 15 is 0 Å². The Labute approximate surface area is 221 Å². The normalized spacial score (nSPS) is 43.6. The molecule has 0 heterocycles. The minimum absolute atomic E-state index is 0.153. The highest BCUT2D eigenvalue weighted by molar-refractivity contribution is 7.98. The number of amides is 1. The van der Waals surface area contributed by atoms with Gasteiger partial charge >= 0.3 is 5.97 Å². The molecule has 206 valence electrons. The number of carbonyl (C=O) groups excluding carboxylic acids is 1. The molecule has 0 radical (unpaired) electrons. The van der Waals surface area contributed by atoms with Gasteiger partial charge in [0.15, 0.2) is 0 Å². The van der Waals surface area contributed by atoms with Crippen molar-refractivity contribution in [2.75, 3.05) is 12.0 Å². The molecule has 0 saturated heterocycles. The number of carbonyl (C=O) groups is 2. The summed E-state index contributed by atoms with van der Waals surface area (Å²) in [6.45, 7) is 7.18. The standard InChI is InChI=1S/C29H49NO5S/c1-17(5-8-25(33)30-23(27(34)35)11-14-36-4)20-6-7-21-26-22(10-13-29(20,21)3)28(2)12-9-19(31)15-18(28)16-24(26)32/h17-24,26,31-32H,5-16H2,1-4H3,(H,30,33)(H,34,35)/t17-,18+,19-,20-,21+,22+,23+,24-,26+,28+,29-/m1/s1. The van der Waals surface area contributed by atoms with Crippen LogP contribution in [0.25, 0.3) is 0 Å². The van der Waals surface area contributed by atoms with E-state index in [1.165, 1.54) is 6.42 Å². The highest BCUT2D eigenvalue weighted by Gasteiger charge is 2.62. The van der Waals surface area contributed by atoms with Crippen LogP contribution in [0.4, 0.5) is 0 Å². The van der Waals surface area contributed by atoms with Crippen LogP contribution in [-0.4, -0.2) is 57.5 Å². The van der Waals surface area contributed by atoms with Crippen LogP contribution in [0.2, 0.25) is 0 Å². The van der Waals surface area contributed by atoms with Gasteiger partial charge in [0.2, 0.25) is 5.91 Å². The number of nitrogens with one attached hydrogen (secondary N) is 1. The molecule has 0 aromatic carbocycles. The Morgan fingerprint density at radius 1 is 1.00 bits per heavy atom. The van der Waals surface area contributed by atoms with Gasteiger partial charge in [0.25, 0.3) is 0 Å². The molecule has 4 N–H and O–H groups in total. The smallest absolute Gasteiger partial charge is 0.326 e. The van der Waals surface area contributed by atoms with Crippen LogP contribution >= 0.6 is 11.8 Å². The van der Waals surface area contributed by atoms with Gasteiger partial charge < -0.3 is 20.6 Å². The first kappa shape index (κ1) is 28.2. The van der Waals surface area contributed by atoms with Crippen LogP contribution in [0.5, 0.6) is 0 Å². The number of carboxylic acids is 1. The largest absolute Gasteiger partial charge is 0.480 e. The number of fused-ring (bicyclic) bond motifs is 5. The third-order valence-electron chi connectivity index (χ3n) is 11.5. The zero-order valence-electron chi connectivity index (χ0n) is 22.7. The number of rotatable bonds is 9. The van der Waals surface area contributed by atoms with Crippen molar-refractivity contribution < 1.29 is 24.9 Å². The lowest BCUT2D eigenvalue weighted by atomic mass is 9.43. The molecule has 1 amide bonds. The molecule has 0 aromatic heterocycles. The maximum atomic E-state index is 12.6. The number of aliphatic hydroxyl groups is 2. The van der Waals surface area contributed by atoms with E-state index in [1.54, 1.807) is 11.8 Å². The number of hydrogen-bond acceptors (Lipinski definition) is 5. The summed E-state index contributed by atoms with van der Waals surface area (Å²) in [5.41, 5.74) is 0.431. The first-order chi connectivity index (χ1) is 17.0. The molecule has 4 saturated carbocycles. The number of aliphatic hydroxyl groups excluding tert-OH is 2. The Kier molecular flexibility index (Phi) is 8.73. The minimum Gasteiger partial charge on any atom is -0.480 e. The zero-order chi connectivity index (χ0) is 26.3. The summed E-state index contributed by atoms with van der Waals surface area (Å²) in [6.07, 6.45) is 11.4. The van der Waals surface area contributed by atoms with Crippen molar-refractivity contribution in [3.8, 4) is 0 Å². The minimum atomic E-state index is -0.956. The van der Waals surface area contributed by atoms with Gasteiger partial charge in [-0.3, -0.25) is 4.79 Å². The molecular weight excluding hydrogens is 474 g/mol. The zero-order valence-corrected chi connectivity index (χ0v) is 23.6. The molecule has 0 unspecified atom stereocenters. The molecule has 11 atom stereocenters. The van der Waals surface area contributed by atoms with Crippen LogP contribution in [0.3, 0.4) is 0 Å². The Hall–Kier alpha value is -0.790. The lowest BCUT2D eigenvalue weighted by Crippen LogP contribution is -2.58. The SMILES string of the molecule is CSCC[C@H](NC(=O)CC[C@@H](C)[C@H]1CC[C@H]2[C@@H]3[C@H](O)C[C@@H]4C[C@H](O)CC[C@]4(C)[C@H]3CC[C@]12C)C(=O)O. The molecule has 0 aromatic rings. The molecule has 4 aliphatic carbocycles. The summed E-state index contributed by atoms with van der Waals surface area (Å²) in [6, 6.07) is -0.803. The number of thioether (sulfide) groups is 1. The van der Waals surface area contributed by atoms with Crippen LogP contribution in [0.1, 0.15) is 91.4 Å². The number of hydrogen-bond donors (Lipinski definition) is 4. The van der Waals surface area contributed by atoms with Gasteiger partial charge in [-0.25, -0.2) is 4.79 Å².